The zero-order valence-electron chi connectivity index (χ0n) is 11.7. The Bertz CT molecular complexity index is 786. The Morgan fingerprint density at radius 2 is 2.18 bits per heavy atom. The number of nitro groups is 1. The van der Waals surface area contributed by atoms with Crippen LogP contribution >= 0.6 is 0 Å². The molecule has 0 amide bonds. The van der Waals surface area contributed by atoms with E-state index in [4.69, 9.17) is 5.73 Å². The molecule has 0 spiro atoms. The van der Waals surface area contributed by atoms with Gasteiger partial charge in [-0.3, -0.25) is 19.9 Å². The summed E-state index contributed by atoms with van der Waals surface area (Å²) in [4.78, 5) is 28.1. The minimum Gasteiger partial charge on any atom is -0.369 e. The highest BCUT2D eigenvalue weighted by molar-refractivity contribution is 5.58. The Hall–Kier alpha value is -2.90. The molecule has 1 aromatic heterocycles. The number of aryl methyl sites for hydroxylation is 1. The SMILES string of the molecule is Nc1nc(NC2CCCc3ccccc32)c([N+](=O)[O-])c(=O)[nH]1. The maximum Gasteiger partial charge on any atom is 0.375 e. The van der Waals surface area contributed by atoms with Gasteiger partial charge >= 0.3 is 11.2 Å². The molecule has 2 aromatic rings. The smallest absolute Gasteiger partial charge is 0.369 e. The summed E-state index contributed by atoms with van der Waals surface area (Å²) in [7, 11) is 0. The van der Waals surface area contributed by atoms with E-state index in [1.807, 2.05) is 24.3 Å². The minimum absolute atomic E-state index is 0.0899. The normalized spacial score (nSPS) is 16.8. The van der Waals surface area contributed by atoms with Crippen molar-refractivity contribution in [2.75, 3.05) is 11.1 Å². The molecule has 1 atom stereocenters. The zero-order valence-corrected chi connectivity index (χ0v) is 11.7. The quantitative estimate of drug-likeness (QED) is 0.585. The number of rotatable bonds is 3. The van der Waals surface area contributed by atoms with Crippen LogP contribution in [0.5, 0.6) is 0 Å². The fourth-order valence-corrected chi connectivity index (χ4v) is 2.82. The Morgan fingerprint density at radius 3 is 2.95 bits per heavy atom. The fraction of sp³-hybridized carbons (Fsp3) is 0.286. The summed E-state index contributed by atoms with van der Waals surface area (Å²) < 4.78 is 0. The van der Waals surface area contributed by atoms with Crippen molar-refractivity contribution >= 4 is 17.5 Å². The van der Waals surface area contributed by atoms with E-state index in [0.29, 0.717) is 0 Å². The highest BCUT2D eigenvalue weighted by Crippen LogP contribution is 2.33. The summed E-state index contributed by atoms with van der Waals surface area (Å²) in [6, 6.07) is 7.78. The highest BCUT2D eigenvalue weighted by atomic mass is 16.6. The van der Waals surface area contributed by atoms with E-state index in [0.717, 1.165) is 24.8 Å². The van der Waals surface area contributed by atoms with Crippen molar-refractivity contribution in [3.05, 3.63) is 55.9 Å². The number of fused-ring (bicyclic) bond motifs is 1. The number of hydrogen-bond donors (Lipinski definition) is 3. The van der Waals surface area contributed by atoms with E-state index in [1.54, 1.807) is 0 Å². The van der Waals surface area contributed by atoms with Crippen LogP contribution in [0.2, 0.25) is 0 Å². The van der Waals surface area contributed by atoms with Crippen molar-refractivity contribution < 1.29 is 4.92 Å². The number of H-pyrrole nitrogens is 1. The third-order valence-electron chi connectivity index (χ3n) is 3.78. The number of nitrogen functional groups attached to an aromatic ring is 1. The zero-order chi connectivity index (χ0) is 15.7. The summed E-state index contributed by atoms with van der Waals surface area (Å²) in [5.74, 6) is -0.241. The number of anilines is 2. The molecule has 0 saturated heterocycles. The highest BCUT2D eigenvalue weighted by Gasteiger charge is 2.26. The average molecular weight is 301 g/mol. The van der Waals surface area contributed by atoms with E-state index in [9.17, 15) is 14.9 Å². The molecule has 114 valence electrons. The summed E-state index contributed by atoms with van der Waals surface area (Å²) in [6.07, 6.45) is 2.74. The molecule has 3 rings (SSSR count). The first-order valence-corrected chi connectivity index (χ1v) is 6.95. The second-order valence-corrected chi connectivity index (χ2v) is 5.19. The number of aromatic nitrogens is 2. The van der Waals surface area contributed by atoms with Crippen molar-refractivity contribution in [3.63, 3.8) is 0 Å². The van der Waals surface area contributed by atoms with Crippen molar-refractivity contribution in [2.45, 2.75) is 25.3 Å². The molecular weight excluding hydrogens is 286 g/mol. The molecule has 0 saturated carbocycles. The van der Waals surface area contributed by atoms with Crippen LogP contribution in [0.4, 0.5) is 17.5 Å². The number of benzene rings is 1. The lowest BCUT2D eigenvalue weighted by Gasteiger charge is -2.26. The van der Waals surface area contributed by atoms with Crippen LogP contribution in [0.15, 0.2) is 29.1 Å². The summed E-state index contributed by atoms with van der Waals surface area (Å²) in [5, 5.41) is 14.1. The monoisotopic (exact) mass is 301 g/mol. The van der Waals surface area contributed by atoms with Gasteiger partial charge in [-0.05, 0) is 30.4 Å². The van der Waals surface area contributed by atoms with Crippen LogP contribution in [-0.2, 0) is 6.42 Å². The largest absolute Gasteiger partial charge is 0.375 e. The molecule has 1 aromatic carbocycles. The Labute approximate surface area is 125 Å². The third-order valence-corrected chi connectivity index (χ3v) is 3.78. The van der Waals surface area contributed by atoms with Gasteiger partial charge in [0.1, 0.15) is 0 Å². The summed E-state index contributed by atoms with van der Waals surface area (Å²) >= 11 is 0. The van der Waals surface area contributed by atoms with Gasteiger partial charge in [-0.15, -0.1) is 0 Å². The van der Waals surface area contributed by atoms with Crippen molar-refractivity contribution in [3.8, 4) is 0 Å². The first-order chi connectivity index (χ1) is 10.6. The minimum atomic E-state index is -0.857. The van der Waals surface area contributed by atoms with Crippen molar-refractivity contribution in [2.24, 2.45) is 0 Å². The van der Waals surface area contributed by atoms with E-state index in [-0.39, 0.29) is 17.8 Å². The van der Waals surface area contributed by atoms with Gasteiger partial charge in [0.05, 0.1) is 11.0 Å². The molecule has 1 unspecified atom stereocenters. The van der Waals surface area contributed by atoms with Gasteiger partial charge in [-0.2, -0.15) is 4.98 Å². The molecular formula is C14H15N5O3. The number of nitrogens with zero attached hydrogens (tertiary/aromatic N) is 2. The van der Waals surface area contributed by atoms with Gasteiger partial charge in [0.15, 0.2) is 0 Å². The van der Waals surface area contributed by atoms with Crippen LogP contribution < -0.4 is 16.6 Å². The lowest BCUT2D eigenvalue weighted by molar-refractivity contribution is -0.385. The van der Waals surface area contributed by atoms with Crippen LogP contribution in [0, 0.1) is 10.1 Å². The number of aromatic amines is 1. The summed E-state index contributed by atoms with van der Waals surface area (Å²) in [6.45, 7) is 0. The lowest BCUT2D eigenvalue weighted by atomic mass is 9.88. The Morgan fingerprint density at radius 1 is 1.41 bits per heavy atom. The molecule has 8 nitrogen and oxygen atoms in total. The maximum atomic E-state index is 11.7. The standard InChI is InChI=1S/C14H15N5O3/c15-14-17-12(11(19(21)22)13(20)18-14)16-10-7-3-5-8-4-1-2-6-9(8)10/h1-2,4,6,10H,3,5,7H2,(H4,15,16,17,18,20). The third kappa shape index (κ3) is 2.50. The van der Waals surface area contributed by atoms with Gasteiger partial charge in [0, 0.05) is 0 Å². The van der Waals surface area contributed by atoms with Crippen LogP contribution in [-0.4, -0.2) is 14.9 Å². The molecule has 0 radical (unpaired) electrons. The fourth-order valence-electron chi connectivity index (χ4n) is 2.82. The predicted molar refractivity (Wildman–Crippen MR) is 81.7 cm³/mol. The second-order valence-electron chi connectivity index (χ2n) is 5.19. The molecule has 4 N–H and O–H groups in total. The lowest BCUT2D eigenvalue weighted by Crippen LogP contribution is -2.23. The number of nitrogens with one attached hydrogen (secondary N) is 2. The van der Waals surface area contributed by atoms with Crippen LogP contribution in [0.25, 0.3) is 0 Å². The Kier molecular flexibility index (Phi) is 3.50. The van der Waals surface area contributed by atoms with Gasteiger partial charge < -0.3 is 11.1 Å². The number of nitrogens with two attached hydrogens (primary N) is 1. The molecule has 0 bridgehead atoms. The first kappa shape index (κ1) is 14.1. The average Bonchev–Trinajstić information content (AvgIpc) is 2.46. The molecule has 8 heteroatoms. The van der Waals surface area contributed by atoms with Gasteiger partial charge in [-0.1, -0.05) is 24.3 Å². The van der Waals surface area contributed by atoms with E-state index < -0.39 is 16.2 Å². The molecule has 1 aliphatic carbocycles. The van der Waals surface area contributed by atoms with Gasteiger partial charge in [0.25, 0.3) is 0 Å². The van der Waals surface area contributed by atoms with Gasteiger partial charge in [-0.25, -0.2) is 0 Å². The molecule has 1 aliphatic rings. The molecule has 0 fully saturated rings. The molecule has 1 heterocycles. The van der Waals surface area contributed by atoms with E-state index in [1.165, 1.54) is 5.56 Å². The van der Waals surface area contributed by atoms with Crippen LogP contribution in [0.1, 0.15) is 30.0 Å². The first-order valence-electron chi connectivity index (χ1n) is 6.95. The molecule has 0 aliphatic heterocycles. The van der Waals surface area contributed by atoms with Crippen molar-refractivity contribution in [1.29, 1.82) is 0 Å². The van der Waals surface area contributed by atoms with E-state index >= 15 is 0 Å². The predicted octanol–water partition coefficient (Wildman–Crippen LogP) is 1.75. The van der Waals surface area contributed by atoms with Crippen molar-refractivity contribution in [1.82, 2.24) is 9.97 Å². The maximum absolute atomic E-state index is 11.7. The number of hydrogen-bond acceptors (Lipinski definition) is 6. The Balaban J connectivity index is 2.01. The molecule has 22 heavy (non-hydrogen) atoms. The van der Waals surface area contributed by atoms with Crippen LogP contribution in [0.3, 0.4) is 0 Å². The second kappa shape index (κ2) is 5.47. The van der Waals surface area contributed by atoms with Gasteiger partial charge in [0.2, 0.25) is 11.8 Å². The topological polar surface area (TPSA) is 127 Å². The van der Waals surface area contributed by atoms with E-state index in [2.05, 4.69) is 15.3 Å². The summed E-state index contributed by atoms with van der Waals surface area (Å²) in [5.41, 5.74) is 6.30.